The molecule has 0 aliphatic rings. The van der Waals surface area contributed by atoms with Crippen LogP contribution in [0, 0.1) is 6.92 Å². The lowest BCUT2D eigenvalue weighted by Gasteiger charge is -2.12. The molecule has 8 heteroatoms. The standard InChI is InChI=1S/C20H21N5O3/c1-4-6-15-9-10-18(19(11-15)27-3)28-13-20(26)21-16-7-5-8-17(12-16)25-14(2)22-23-24-25/h4-12H,13H2,1-3H3,(H,21,26)/b6-4+. The fourth-order valence-electron chi connectivity index (χ4n) is 2.63. The number of tetrazole rings is 1. The normalized spacial score (nSPS) is 10.8. The van der Waals surface area contributed by atoms with E-state index in [1.54, 1.807) is 36.9 Å². The molecule has 28 heavy (non-hydrogen) atoms. The number of hydrogen-bond acceptors (Lipinski definition) is 6. The van der Waals surface area contributed by atoms with Gasteiger partial charge in [-0.05, 0) is 60.2 Å². The fraction of sp³-hybridized carbons (Fsp3) is 0.200. The molecule has 1 amide bonds. The van der Waals surface area contributed by atoms with Gasteiger partial charge >= 0.3 is 0 Å². The van der Waals surface area contributed by atoms with E-state index in [2.05, 4.69) is 20.8 Å². The van der Waals surface area contributed by atoms with Crippen molar-refractivity contribution < 1.29 is 14.3 Å². The molecule has 0 aliphatic heterocycles. The van der Waals surface area contributed by atoms with Crippen LogP contribution >= 0.6 is 0 Å². The number of aryl methyl sites for hydroxylation is 1. The SMILES string of the molecule is C/C=C/c1ccc(OCC(=O)Nc2cccc(-n3nnnc3C)c2)c(OC)c1. The third-order valence-corrected chi connectivity index (χ3v) is 3.91. The van der Waals surface area contributed by atoms with Gasteiger partial charge < -0.3 is 14.8 Å². The minimum Gasteiger partial charge on any atom is -0.493 e. The van der Waals surface area contributed by atoms with Gasteiger partial charge in [0, 0.05) is 5.69 Å². The average Bonchev–Trinajstić information content (AvgIpc) is 3.13. The Kier molecular flexibility index (Phi) is 6.01. The number of anilines is 1. The van der Waals surface area contributed by atoms with E-state index in [-0.39, 0.29) is 12.5 Å². The van der Waals surface area contributed by atoms with E-state index < -0.39 is 0 Å². The van der Waals surface area contributed by atoms with E-state index in [1.807, 2.05) is 43.3 Å². The second kappa shape index (κ2) is 8.81. The van der Waals surface area contributed by atoms with Crippen LogP contribution in [0.5, 0.6) is 11.5 Å². The number of hydrogen-bond donors (Lipinski definition) is 1. The largest absolute Gasteiger partial charge is 0.493 e. The maximum absolute atomic E-state index is 12.3. The van der Waals surface area contributed by atoms with Crippen LogP contribution in [0.15, 0.2) is 48.5 Å². The van der Waals surface area contributed by atoms with Crippen molar-refractivity contribution in [2.75, 3.05) is 19.0 Å². The highest BCUT2D eigenvalue weighted by atomic mass is 16.5. The molecule has 0 saturated carbocycles. The monoisotopic (exact) mass is 379 g/mol. The molecule has 1 heterocycles. The van der Waals surface area contributed by atoms with Crippen molar-refractivity contribution in [3.8, 4) is 17.2 Å². The average molecular weight is 379 g/mol. The molecule has 0 spiro atoms. The van der Waals surface area contributed by atoms with Crippen LogP contribution in [0.2, 0.25) is 0 Å². The van der Waals surface area contributed by atoms with Crippen LogP contribution < -0.4 is 14.8 Å². The molecule has 1 N–H and O–H groups in total. The van der Waals surface area contributed by atoms with Crippen molar-refractivity contribution in [3.05, 3.63) is 59.9 Å². The maximum atomic E-state index is 12.3. The summed E-state index contributed by atoms with van der Waals surface area (Å²) in [5.74, 6) is 1.44. The van der Waals surface area contributed by atoms with E-state index in [1.165, 1.54) is 0 Å². The van der Waals surface area contributed by atoms with Gasteiger partial charge in [-0.1, -0.05) is 24.3 Å². The molecule has 0 fully saturated rings. The van der Waals surface area contributed by atoms with Crippen LogP contribution in [-0.4, -0.2) is 39.8 Å². The number of nitrogens with zero attached hydrogens (tertiary/aromatic N) is 4. The zero-order valence-electron chi connectivity index (χ0n) is 15.9. The Hall–Kier alpha value is -3.68. The van der Waals surface area contributed by atoms with Crippen LogP contribution in [0.1, 0.15) is 18.3 Å². The Morgan fingerprint density at radius 2 is 2.07 bits per heavy atom. The van der Waals surface area contributed by atoms with Gasteiger partial charge in [-0.25, -0.2) is 0 Å². The Morgan fingerprint density at radius 1 is 1.21 bits per heavy atom. The molecule has 0 aliphatic carbocycles. The minimum absolute atomic E-state index is 0.145. The minimum atomic E-state index is -0.287. The first-order valence-electron chi connectivity index (χ1n) is 8.69. The number of amides is 1. The van der Waals surface area contributed by atoms with Crippen molar-refractivity contribution in [1.29, 1.82) is 0 Å². The van der Waals surface area contributed by atoms with Crippen LogP contribution in [-0.2, 0) is 4.79 Å². The fourth-order valence-corrected chi connectivity index (χ4v) is 2.63. The first-order valence-corrected chi connectivity index (χ1v) is 8.69. The third kappa shape index (κ3) is 4.53. The van der Waals surface area contributed by atoms with Gasteiger partial charge in [-0.15, -0.1) is 5.10 Å². The van der Waals surface area contributed by atoms with Gasteiger partial charge in [-0.3, -0.25) is 4.79 Å². The summed E-state index contributed by atoms with van der Waals surface area (Å²) in [7, 11) is 1.56. The van der Waals surface area contributed by atoms with E-state index in [0.29, 0.717) is 23.0 Å². The first-order chi connectivity index (χ1) is 13.6. The molecule has 0 atom stereocenters. The highest BCUT2D eigenvalue weighted by molar-refractivity contribution is 5.92. The lowest BCUT2D eigenvalue weighted by molar-refractivity contribution is -0.118. The molecular formula is C20H21N5O3. The van der Waals surface area contributed by atoms with Gasteiger partial charge in [0.2, 0.25) is 0 Å². The summed E-state index contributed by atoms with van der Waals surface area (Å²) in [6.07, 6.45) is 3.89. The zero-order valence-corrected chi connectivity index (χ0v) is 15.9. The van der Waals surface area contributed by atoms with Gasteiger partial charge in [0.15, 0.2) is 23.9 Å². The Bertz CT molecular complexity index is 997. The van der Waals surface area contributed by atoms with Crippen molar-refractivity contribution in [2.24, 2.45) is 0 Å². The number of allylic oxidation sites excluding steroid dienone is 1. The number of carbonyl (C=O) groups is 1. The van der Waals surface area contributed by atoms with E-state index >= 15 is 0 Å². The van der Waals surface area contributed by atoms with Crippen LogP contribution in [0.4, 0.5) is 5.69 Å². The highest BCUT2D eigenvalue weighted by Gasteiger charge is 2.10. The Labute approximate surface area is 162 Å². The summed E-state index contributed by atoms with van der Waals surface area (Å²) in [6.45, 7) is 3.60. The third-order valence-electron chi connectivity index (χ3n) is 3.91. The molecule has 8 nitrogen and oxygen atoms in total. The smallest absolute Gasteiger partial charge is 0.262 e. The number of rotatable bonds is 7. The summed E-state index contributed by atoms with van der Waals surface area (Å²) in [5.41, 5.74) is 2.37. The Morgan fingerprint density at radius 3 is 2.79 bits per heavy atom. The second-order valence-corrected chi connectivity index (χ2v) is 5.94. The van der Waals surface area contributed by atoms with Crippen LogP contribution in [0.3, 0.4) is 0 Å². The number of benzene rings is 2. The molecule has 0 bridgehead atoms. The molecule has 0 saturated heterocycles. The number of methoxy groups -OCH3 is 1. The van der Waals surface area contributed by atoms with Crippen molar-refractivity contribution in [1.82, 2.24) is 20.2 Å². The molecule has 0 unspecified atom stereocenters. The Balaban J connectivity index is 1.64. The van der Waals surface area contributed by atoms with Crippen molar-refractivity contribution in [3.63, 3.8) is 0 Å². The van der Waals surface area contributed by atoms with E-state index in [4.69, 9.17) is 9.47 Å². The predicted molar refractivity (Wildman–Crippen MR) is 106 cm³/mol. The second-order valence-electron chi connectivity index (χ2n) is 5.94. The maximum Gasteiger partial charge on any atom is 0.262 e. The molecular weight excluding hydrogens is 358 g/mol. The zero-order chi connectivity index (χ0) is 19.9. The van der Waals surface area contributed by atoms with Gasteiger partial charge in [0.05, 0.1) is 12.8 Å². The number of ether oxygens (including phenoxy) is 2. The molecule has 2 aromatic carbocycles. The number of aromatic nitrogens is 4. The molecule has 3 rings (SSSR count). The molecule has 0 radical (unpaired) electrons. The summed E-state index contributed by atoms with van der Waals surface area (Å²) in [6, 6.07) is 12.8. The topological polar surface area (TPSA) is 91.2 Å². The summed E-state index contributed by atoms with van der Waals surface area (Å²) in [4.78, 5) is 12.3. The summed E-state index contributed by atoms with van der Waals surface area (Å²) in [5, 5.41) is 14.2. The highest BCUT2D eigenvalue weighted by Crippen LogP contribution is 2.28. The van der Waals surface area contributed by atoms with Crippen molar-refractivity contribution >= 4 is 17.7 Å². The van der Waals surface area contributed by atoms with Gasteiger partial charge in [0.25, 0.3) is 5.91 Å². The summed E-state index contributed by atoms with van der Waals surface area (Å²) >= 11 is 0. The molecule has 144 valence electrons. The van der Waals surface area contributed by atoms with E-state index in [9.17, 15) is 4.79 Å². The number of nitrogens with one attached hydrogen (secondary N) is 1. The molecule has 3 aromatic rings. The first kappa shape index (κ1) is 19.1. The van der Waals surface area contributed by atoms with E-state index in [0.717, 1.165) is 11.3 Å². The number of carbonyl (C=O) groups excluding carboxylic acids is 1. The van der Waals surface area contributed by atoms with Gasteiger partial charge in [0.1, 0.15) is 0 Å². The quantitative estimate of drug-likeness (QED) is 0.678. The predicted octanol–water partition coefficient (Wildman–Crippen LogP) is 3.03. The molecule has 1 aromatic heterocycles. The lowest BCUT2D eigenvalue weighted by atomic mass is 10.2. The summed E-state index contributed by atoms with van der Waals surface area (Å²) < 4.78 is 12.5. The lowest BCUT2D eigenvalue weighted by Crippen LogP contribution is -2.20. The van der Waals surface area contributed by atoms with Crippen molar-refractivity contribution in [2.45, 2.75) is 13.8 Å². The van der Waals surface area contributed by atoms with Gasteiger partial charge in [-0.2, -0.15) is 4.68 Å². The van der Waals surface area contributed by atoms with Crippen LogP contribution in [0.25, 0.3) is 11.8 Å².